The van der Waals surface area contributed by atoms with Crippen molar-refractivity contribution in [2.45, 2.75) is 31.0 Å². The number of para-hydroxylation sites is 2. The molecule has 0 atom stereocenters. The summed E-state index contributed by atoms with van der Waals surface area (Å²) in [7, 11) is 0. The van der Waals surface area contributed by atoms with Crippen LogP contribution < -0.4 is 4.74 Å². The number of nitro benzene ring substituents is 1. The number of non-ortho nitro benzene ring substituents is 1. The number of imidazole rings is 1. The van der Waals surface area contributed by atoms with Gasteiger partial charge in [-0.15, -0.1) is 0 Å². The first-order valence-electron chi connectivity index (χ1n) is 8.26. The van der Waals surface area contributed by atoms with Gasteiger partial charge in [0.25, 0.3) is 5.69 Å². The molecule has 4 rings (SSSR count). The summed E-state index contributed by atoms with van der Waals surface area (Å²) in [5.74, 6) is 1.22. The van der Waals surface area contributed by atoms with Gasteiger partial charge in [0.15, 0.2) is 11.9 Å². The van der Waals surface area contributed by atoms with Crippen LogP contribution in [-0.4, -0.2) is 21.3 Å². The van der Waals surface area contributed by atoms with Crippen molar-refractivity contribution < 1.29 is 14.4 Å². The number of nitrogens with zero attached hydrogens (tertiary/aromatic N) is 3. The summed E-state index contributed by atoms with van der Waals surface area (Å²) in [5, 5.41) is 12.1. The van der Waals surface area contributed by atoms with Crippen LogP contribution in [0.5, 0.6) is 5.75 Å². The van der Waals surface area contributed by atoms with Crippen LogP contribution in [0.4, 0.5) is 5.69 Å². The maximum Gasteiger partial charge on any atom is 0.270 e. The minimum absolute atomic E-state index is 0.0532. The second-order valence-electron chi connectivity index (χ2n) is 5.88. The van der Waals surface area contributed by atoms with E-state index in [2.05, 4.69) is 11.5 Å². The van der Waals surface area contributed by atoms with E-state index in [1.54, 1.807) is 17.8 Å². The Morgan fingerprint density at radius 2 is 2.19 bits per heavy atom. The van der Waals surface area contributed by atoms with Gasteiger partial charge < -0.3 is 14.0 Å². The summed E-state index contributed by atoms with van der Waals surface area (Å²) in [6.07, 6.45) is 0. The number of nitro groups is 1. The summed E-state index contributed by atoms with van der Waals surface area (Å²) in [6, 6.07) is 11.1. The Kier molecular flexibility index (Phi) is 4.52. The number of rotatable bonds is 5. The summed E-state index contributed by atoms with van der Waals surface area (Å²) in [5.41, 5.74) is 3.59. The van der Waals surface area contributed by atoms with Crippen molar-refractivity contribution in [2.24, 2.45) is 0 Å². The fourth-order valence-electron chi connectivity index (χ4n) is 3.10. The normalized spacial score (nSPS) is 13.4. The molecule has 3 aromatic rings. The van der Waals surface area contributed by atoms with Gasteiger partial charge in [-0.2, -0.15) is 0 Å². The van der Waals surface area contributed by atoms with Crippen molar-refractivity contribution in [2.75, 3.05) is 6.79 Å². The van der Waals surface area contributed by atoms with Crippen molar-refractivity contribution in [3.8, 4) is 5.75 Å². The van der Waals surface area contributed by atoms with Crippen LogP contribution in [0.1, 0.15) is 18.1 Å². The fourth-order valence-corrected chi connectivity index (χ4v) is 4.15. The summed E-state index contributed by atoms with van der Waals surface area (Å²) < 4.78 is 13.0. The van der Waals surface area contributed by atoms with Crippen molar-refractivity contribution in [3.05, 3.63) is 57.6 Å². The van der Waals surface area contributed by atoms with Gasteiger partial charge in [-0.25, -0.2) is 4.98 Å². The monoisotopic (exact) mass is 371 g/mol. The lowest BCUT2D eigenvalue weighted by atomic mass is 10.1. The summed E-state index contributed by atoms with van der Waals surface area (Å²) in [4.78, 5) is 15.5. The first kappa shape index (κ1) is 16.9. The van der Waals surface area contributed by atoms with Crippen LogP contribution in [0.25, 0.3) is 11.0 Å². The van der Waals surface area contributed by atoms with Gasteiger partial charge in [0.2, 0.25) is 0 Å². The highest BCUT2D eigenvalue weighted by Gasteiger charge is 2.21. The molecule has 7 nitrogen and oxygen atoms in total. The molecule has 2 aromatic carbocycles. The first-order chi connectivity index (χ1) is 12.7. The number of ether oxygens (including phenoxy) is 2. The van der Waals surface area contributed by atoms with Crippen LogP contribution in [0, 0.1) is 10.1 Å². The molecule has 0 spiro atoms. The lowest BCUT2D eigenvalue weighted by molar-refractivity contribution is -0.385. The van der Waals surface area contributed by atoms with Crippen LogP contribution >= 0.6 is 11.8 Å². The van der Waals surface area contributed by atoms with Gasteiger partial charge in [-0.1, -0.05) is 23.9 Å². The smallest absolute Gasteiger partial charge is 0.270 e. The van der Waals surface area contributed by atoms with E-state index in [0.29, 0.717) is 23.7 Å². The number of fused-ring (bicyclic) bond motifs is 2. The minimum atomic E-state index is -0.385. The number of aryl methyl sites for hydroxylation is 1. The molecule has 0 N–H and O–H groups in total. The molecule has 0 bridgehead atoms. The second kappa shape index (κ2) is 6.97. The van der Waals surface area contributed by atoms with Crippen molar-refractivity contribution in [3.63, 3.8) is 0 Å². The number of benzene rings is 2. The zero-order chi connectivity index (χ0) is 18.1. The van der Waals surface area contributed by atoms with Crippen molar-refractivity contribution >= 4 is 28.5 Å². The predicted octanol–water partition coefficient (Wildman–Crippen LogP) is 4.12. The third kappa shape index (κ3) is 3.02. The Morgan fingerprint density at radius 1 is 1.35 bits per heavy atom. The zero-order valence-electron chi connectivity index (χ0n) is 14.2. The molecular formula is C18H17N3O4S. The number of hydrogen-bond donors (Lipinski definition) is 0. The van der Waals surface area contributed by atoms with Crippen LogP contribution in [0.15, 0.2) is 41.6 Å². The van der Waals surface area contributed by atoms with Gasteiger partial charge in [-0.05, 0) is 19.1 Å². The zero-order valence-corrected chi connectivity index (χ0v) is 15.0. The topological polar surface area (TPSA) is 79.4 Å². The molecule has 26 heavy (non-hydrogen) atoms. The van der Waals surface area contributed by atoms with E-state index >= 15 is 0 Å². The molecule has 0 fully saturated rings. The lowest BCUT2D eigenvalue weighted by Gasteiger charge is -2.20. The van der Waals surface area contributed by atoms with Gasteiger partial charge in [0.1, 0.15) is 5.75 Å². The Morgan fingerprint density at radius 3 is 3.00 bits per heavy atom. The molecule has 1 aliphatic rings. The Balaban J connectivity index is 1.68. The average Bonchev–Trinajstić information content (AvgIpc) is 3.03. The van der Waals surface area contributed by atoms with Crippen LogP contribution in [-0.2, 0) is 23.6 Å². The number of aromatic nitrogens is 2. The molecule has 134 valence electrons. The Hall–Kier alpha value is -2.58. The largest absolute Gasteiger partial charge is 0.467 e. The van der Waals surface area contributed by atoms with E-state index in [1.807, 2.05) is 24.3 Å². The molecule has 0 saturated heterocycles. The predicted molar refractivity (Wildman–Crippen MR) is 98.3 cm³/mol. The molecule has 0 radical (unpaired) electrons. The van der Waals surface area contributed by atoms with Crippen molar-refractivity contribution in [1.82, 2.24) is 9.55 Å². The van der Waals surface area contributed by atoms with E-state index in [9.17, 15) is 10.1 Å². The first-order valence-corrected chi connectivity index (χ1v) is 9.24. The Bertz CT molecular complexity index is 986. The summed E-state index contributed by atoms with van der Waals surface area (Å²) in [6.45, 7) is 3.37. The molecule has 0 amide bonds. The fraction of sp³-hybridized carbons (Fsp3) is 0.278. The van der Waals surface area contributed by atoms with Crippen LogP contribution in [0.2, 0.25) is 0 Å². The SMILES string of the molecule is CCn1c(SCc2cc([N+](=O)[O-])cc3c2OCOC3)nc2ccccc21. The van der Waals surface area contributed by atoms with Crippen LogP contribution in [0.3, 0.4) is 0 Å². The van der Waals surface area contributed by atoms with Gasteiger partial charge in [-0.3, -0.25) is 10.1 Å². The molecule has 1 aromatic heterocycles. The maximum absolute atomic E-state index is 11.2. The molecule has 0 saturated carbocycles. The molecule has 0 aliphatic carbocycles. The quantitative estimate of drug-likeness (QED) is 0.381. The van der Waals surface area contributed by atoms with E-state index < -0.39 is 0 Å². The highest BCUT2D eigenvalue weighted by atomic mass is 32.2. The third-order valence-corrected chi connectivity index (χ3v) is 5.30. The molecule has 0 unspecified atom stereocenters. The number of hydrogen-bond acceptors (Lipinski definition) is 6. The molecule has 8 heteroatoms. The molecule has 2 heterocycles. The number of thioether (sulfide) groups is 1. The van der Waals surface area contributed by atoms with Crippen molar-refractivity contribution in [1.29, 1.82) is 0 Å². The van der Waals surface area contributed by atoms with Gasteiger partial charge in [0.05, 0.1) is 22.6 Å². The van der Waals surface area contributed by atoms with Gasteiger partial charge >= 0.3 is 0 Å². The summed E-state index contributed by atoms with van der Waals surface area (Å²) >= 11 is 1.55. The maximum atomic E-state index is 11.2. The highest BCUT2D eigenvalue weighted by molar-refractivity contribution is 7.98. The van der Waals surface area contributed by atoms with E-state index in [0.717, 1.165) is 28.3 Å². The molecule has 1 aliphatic heterocycles. The third-order valence-electron chi connectivity index (χ3n) is 4.28. The van der Waals surface area contributed by atoms with E-state index in [1.165, 1.54) is 6.07 Å². The second-order valence-corrected chi connectivity index (χ2v) is 6.82. The highest BCUT2D eigenvalue weighted by Crippen LogP contribution is 2.36. The average molecular weight is 371 g/mol. The minimum Gasteiger partial charge on any atom is -0.467 e. The lowest BCUT2D eigenvalue weighted by Crippen LogP contribution is -2.13. The van der Waals surface area contributed by atoms with Gasteiger partial charge in [0, 0.05) is 35.6 Å². The standard InChI is InChI=1S/C18H17N3O4S/c1-2-20-16-6-4-3-5-15(16)19-18(20)26-10-13-8-14(21(22)23)7-12-9-24-11-25-17(12)13/h3-8H,2,9-11H2,1H3. The van der Waals surface area contributed by atoms with E-state index in [4.69, 9.17) is 14.5 Å². The molecular weight excluding hydrogens is 354 g/mol. The Labute approximate surface area is 154 Å². The van der Waals surface area contributed by atoms with E-state index in [-0.39, 0.29) is 17.4 Å².